The van der Waals surface area contributed by atoms with E-state index in [0.717, 1.165) is 44.8 Å². The molecule has 3 N–H and O–H groups in total. The van der Waals surface area contributed by atoms with Crippen molar-refractivity contribution in [1.82, 2.24) is 21.1 Å². The number of rotatable bonds is 4. The van der Waals surface area contributed by atoms with Crippen molar-refractivity contribution in [3.63, 3.8) is 0 Å². The van der Waals surface area contributed by atoms with Gasteiger partial charge in [-0.05, 0) is 37.4 Å². The van der Waals surface area contributed by atoms with Crippen molar-refractivity contribution < 1.29 is 4.79 Å². The maximum Gasteiger partial charge on any atom is 0.241 e. The van der Waals surface area contributed by atoms with Gasteiger partial charge in [-0.2, -0.15) is 0 Å². The van der Waals surface area contributed by atoms with Crippen LogP contribution >= 0.6 is 11.8 Å². The number of carbonyl (C=O) groups is 1. The summed E-state index contributed by atoms with van der Waals surface area (Å²) in [4.78, 5) is 16.3. The van der Waals surface area contributed by atoms with Crippen molar-refractivity contribution in [2.24, 2.45) is 11.8 Å². The van der Waals surface area contributed by atoms with Gasteiger partial charge in [-0.3, -0.25) is 10.2 Å². The smallest absolute Gasteiger partial charge is 0.241 e. The maximum atomic E-state index is 12.9. The van der Waals surface area contributed by atoms with Gasteiger partial charge < -0.3 is 10.2 Å². The zero-order valence-electron chi connectivity index (χ0n) is 13.9. The van der Waals surface area contributed by atoms with Crippen molar-refractivity contribution in [3.05, 3.63) is 30.3 Å². The van der Waals surface area contributed by atoms with E-state index in [4.69, 9.17) is 0 Å². The lowest BCUT2D eigenvalue weighted by Crippen LogP contribution is -2.50. The van der Waals surface area contributed by atoms with Gasteiger partial charge >= 0.3 is 0 Å². The van der Waals surface area contributed by atoms with Crippen molar-refractivity contribution in [3.8, 4) is 0 Å². The average molecular weight is 347 g/mol. The van der Waals surface area contributed by atoms with E-state index in [1.54, 1.807) is 0 Å². The maximum absolute atomic E-state index is 12.9. The van der Waals surface area contributed by atoms with E-state index in [-0.39, 0.29) is 11.9 Å². The number of fused-ring (bicyclic) bond motifs is 1. The van der Waals surface area contributed by atoms with Gasteiger partial charge in [-0.25, -0.2) is 5.43 Å². The molecule has 1 amide bonds. The van der Waals surface area contributed by atoms with Gasteiger partial charge in [0.1, 0.15) is 6.04 Å². The summed E-state index contributed by atoms with van der Waals surface area (Å²) in [6.07, 6.45) is 2.22. The third kappa shape index (κ3) is 3.47. The Kier molecular flexibility index (Phi) is 5.08. The lowest BCUT2D eigenvalue weighted by molar-refractivity contribution is -0.133. The minimum absolute atomic E-state index is 0.0664. The molecule has 0 bridgehead atoms. The van der Waals surface area contributed by atoms with Crippen LogP contribution in [0.5, 0.6) is 0 Å². The van der Waals surface area contributed by atoms with E-state index in [1.165, 1.54) is 4.90 Å². The minimum atomic E-state index is -0.0664. The van der Waals surface area contributed by atoms with Crippen LogP contribution in [0.3, 0.4) is 0 Å². The van der Waals surface area contributed by atoms with E-state index in [2.05, 4.69) is 51.4 Å². The Morgan fingerprint density at radius 1 is 1.21 bits per heavy atom. The van der Waals surface area contributed by atoms with Crippen molar-refractivity contribution in [2.75, 3.05) is 31.9 Å². The second-order valence-electron chi connectivity index (χ2n) is 7.09. The molecule has 0 saturated carbocycles. The first-order valence-corrected chi connectivity index (χ1v) is 9.98. The van der Waals surface area contributed by atoms with Gasteiger partial charge in [0, 0.05) is 42.2 Å². The fourth-order valence-electron chi connectivity index (χ4n) is 4.06. The molecule has 3 fully saturated rings. The fourth-order valence-corrected chi connectivity index (χ4v) is 5.11. The zero-order valence-corrected chi connectivity index (χ0v) is 14.7. The van der Waals surface area contributed by atoms with Crippen LogP contribution in [0.4, 0.5) is 0 Å². The molecule has 1 aromatic carbocycles. The predicted octanol–water partition coefficient (Wildman–Crippen LogP) is 1.08. The largest absolute Gasteiger partial charge is 0.341 e. The highest BCUT2D eigenvalue weighted by atomic mass is 32.2. The molecule has 6 heteroatoms. The Balaban J connectivity index is 1.29. The lowest BCUT2D eigenvalue weighted by Gasteiger charge is -2.29. The second-order valence-corrected chi connectivity index (χ2v) is 8.19. The van der Waals surface area contributed by atoms with Gasteiger partial charge in [0.05, 0.1) is 0 Å². The summed E-state index contributed by atoms with van der Waals surface area (Å²) in [7, 11) is 0. The summed E-state index contributed by atoms with van der Waals surface area (Å²) >= 11 is 1.91. The van der Waals surface area contributed by atoms with E-state index in [0.29, 0.717) is 17.9 Å². The molecule has 130 valence electrons. The van der Waals surface area contributed by atoms with Crippen molar-refractivity contribution in [2.45, 2.75) is 29.8 Å². The molecule has 5 nitrogen and oxygen atoms in total. The molecule has 24 heavy (non-hydrogen) atoms. The normalized spacial score (nSPS) is 32.8. The van der Waals surface area contributed by atoms with Crippen LogP contribution in [-0.4, -0.2) is 54.8 Å². The highest BCUT2D eigenvalue weighted by molar-refractivity contribution is 7.99. The number of benzene rings is 1. The standard InChI is InChI=1S/C18H26N4OS/c23-18(17-15-10-19-8-6-16(15)20-21-17)22-9-7-13(11-22)12-24-14-4-2-1-3-5-14/h1-5,13,15-17,19-21H,6-12H2. The first-order chi connectivity index (χ1) is 11.8. The number of nitrogens with one attached hydrogen (secondary N) is 3. The SMILES string of the molecule is O=C(C1NNC2CCNCC21)N1CCC(CSc2ccccc2)C1. The molecule has 0 aromatic heterocycles. The number of piperidine rings is 1. The van der Waals surface area contributed by atoms with Crippen molar-refractivity contribution in [1.29, 1.82) is 0 Å². The number of hydrazine groups is 1. The van der Waals surface area contributed by atoms with Crippen LogP contribution in [0.2, 0.25) is 0 Å². The van der Waals surface area contributed by atoms with Gasteiger partial charge in [0.2, 0.25) is 5.91 Å². The molecule has 3 aliphatic rings. The number of carbonyl (C=O) groups excluding carboxylic acids is 1. The van der Waals surface area contributed by atoms with Crippen LogP contribution in [0.25, 0.3) is 0 Å². The summed E-state index contributed by atoms with van der Waals surface area (Å²) in [5, 5.41) is 3.42. The number of thioether (sulfide) groups is 1. The van der Waals surface area contributed by atoms with Gasteiger partial charge in [0.25, 0.3) is 0 Å². The first kappa shape index (κ1) is 16.4. The van der Waals surface area contributed by atoms with E-state index in [9.17, 15) is 4.79 Å². The molecule has 3 heterocycles. The molecule has 4 atom stereocenters. The Morgan fingerprint density at radius 2 is 2.08 bits per heavy atom. The molecular weight excluding hydrogens is 320 g/mol. The lowest BCUT2D eigenvalue weighted by atomic mass is 9.89. The quantitative estimate of drug-likeness (QED) is 0.713. The van der Waals surface area contributed by atoms with E-state index in [1.807, 2.05) is 11.8 Å². The molecule has 3 aliphatic heterocycles. The number of hydrogen-bond donors (Lipinski definition) is 3. The van der Waals surface area contributed by atoms with E-state index >= 15 is 0 Å². The summed E-state index contributed by atoms with van der Waals surface area (Å²) in [6.45, 7) is 3.78. The zero-order chi connectivity index (χ0) is 16.4. The second kappa shape index (κ2) is 7.44. The molecular formula is C18H26N4OS. The van der Waals surface area contributed by atoms with Crippen LogP contribution in [0.1, 0.15) is 12.8 Å². The molecule has 0 radical (unpaired) electrons. The number of hydrogen-bond acceptors (Lipinski definition) is 5. The Morgan fingerprint density at radius 3 is 2.96 bits per heavy atom. The van der Waals surface area contributed by atoms with Crippen LogP contribution in [0, 0.1) is 11.8 Å². The Labute approximate surface area is 147 Å². The summed E-state index contributed by atoms with van der Waals surface area (Å²) in [6, 6.07) is 10.9. The van der Waals surface area contributed by atoms with Gasteiger partial charge in [-0.15, -0.1) is 11.8 Å². The van der Waals surface area contributed by atoms with Crippen LogP contribution in [-0.2, 0) is 4.79 Å². The highest BCUT2D eigenvalue weighted by Gasteiger charge is 2.43. The summed E-state index contributed by atoms with van der Waals surface area (Å²) in [5.74, 6) is 2.36. The molecule has 0 aliphatic carbocycles. The van der Waals surface area contributed by atoms with Crippen LogP contribution < -0.4 is 16.2 Å². The third-order valence-corrected chi connectivity index (χ3v) is 6.72. The monoisotopic (exact) mass is 346 g/mol. The van der Waals surface area contributed by atoms with Gasteiger partial charge in [0.15, 0.2) is 0 Å². The predicted molar refractivity (Wildman–Crippen MR) is 96.7 cm³/mol. The summed E-state index contributed by atoms with van der Waals surface area (Å²) < 4.78 is 0. The minimum Gasteiger partial charge on any atom is -0.341 e. The molecule has 4 unspecified atom stereocenters. The molecule has 1 aromatic rings. The van der Waals surface area contributed by atoms with Crippen molar-refractivity contribution >= 4 is 17.7 Å². The molecule has 4 rings (SSSR count). The molecule has 0 spiro atoms. The fraction of sp³-hybridized carbons (Fsp3) is 0.611. The first-order valence-electron chi connectivity index (χ1n) is 8.99. The number of amides is 1. The average Bonchev–Trinajstić information content (AvgIpc) is 3.27. The highest BCUT2D eigenvalue weighted by Crippen LogP contribution is 2.28. The topological polar surface area (TPSA) is 56.4 Å². The Hall–Kier alpha value is -1.08. The number of nitrogens with zero attached hydrogens (tertiary/aromatic N) is 1. The molecule has 3 saturated heterocycles. The van der Waals surface area contributed by atoms with E-state index < -0.39 is 0 Å². The van der Waals surface area contributed by atoms with Crippen LogP contribution in [0.15, 0.2) is 35.2 Å². The third-order valence-electron chi connectivity index (χ3n) is 5.47. The summed E-state index contributed by atoms with van der Waals surface area (Å²) in [5.41, 5.74) is 6.59. The Bertz CT molecular complexity index is 569. The van der Waals surface area contributed by atoms with Gasteiger partial charge in [-0.1, -0.05) is 18.2 Å². The number of likely N-dealkylation sites (tertiary alicyclic amines) is 1.